The minimum Gasteiger partial charge on any atom is -0.393 e. The van der Waals surface area contributed by atoms with Gasteiger partial charge in [0.1, 0.15) is 0 Å². The molecule has 0 aromatic rings. The molecule has 8 atom stereocenters. The summed E-state index contributed by atoms with van der Waals surface area (Å²) in [6, 6.07) is 0. The van der Waals surface area contributed by atoms with Gasteiger partial charge in [0.15, 0.2) is 0 Å². The molecular weight excluding hydrogens is 340 g/mol. The first kappa shape index (κ1) is 21.0. The molecule has 3 fully saturated rings. The van der Waals surface area contributed by atoms with Crippen molar-refractivity contribution in [2.75, 3.05) is 0 Å². The van der Waals surface area contributed by atoms with E-state index in [0.717, 1.165) is 48.3 Å². The van der Waals surface area contributed by atoms with Gasteiger partial charge in [-0.25, -0.2) is 0 Å². The summed E-state index contributed by atoms with van der Waals surface area (Å²) in [4.78, 5) is 0. The molecule has 0 aromatic heterocycles. The Hall–Kier alpha value is -0.300. The van der Waals surface area contributed by atoms with Gasteiger partial charge in [-0.2, -0.15) is 0 Å². The molecule has 0 aromatic carbocycles. The predicted molar refractivity (Wildman–Crippen MR) is 119 cm³/mol. The minimum atomic E-state index is -0.0766. The molecule has 1 nitrogen and oxygen atoms in total. The lowest BCUT2D eigenvalue weighted by Crippen LogP contribution is -2.50. The molecule has 0 amide bonds. The highest BCUT2D eigenvalue weighted by Gasteiger charge is 2.59. The van der Waals surface area contributed by atoms with E-state index in [1.54, 1.807) is 5.57 Å². The second-order valence-electron chi connectivity index (χ2n) is 12.2. The fourth-order valence-corrected chi connectivity index (χ4v) is 8.67. The Labute approximate surface area is 174 Å². The van der Waals surface area contributed by atoms with Crippen LogP contribution in [0.4, 0.5) is 0 Å². The molecule has 3 saturated carbocycles. The average molecular weight is 387 g/mol. The van der Waals surface area contributed by atoms with Crippen molar-refractivity contribution < 1.29 is 5.11 Å². The van der Waals surface area contributed by atoms with Crippen molar-refractivity contribution in [2.24, 2.45) is 46.3 Å². The Bertz CT molecular complexity index is 591. The molecule has 28 heavy (non-hydrogen) atoms. The Kier molecular flexibility index (Phi) is 5.80. The van der Waals surface area contributed by atoms with Crippen LogP contribution in [0.5, 0.6) is 0 Å². The van der Waals surface area contributed by atoms with Crippen molar-refractivity contribution in [1.29, 1.82) is 0 Å². The maximum Gasteiger partial charge on any atom is 0.0577 e. The van der Waals surface area contributed by atoms with Crippen LogP contribution < -0.4 is 0 Å². The van der Waals surface area contributed by atoms with Crippen LogP contribution >= 0.6 is 0 Å². The fraction of sp³-hybridized carbons (Fsp3) is 0.926. The number of fused-ring (bicyclic) bond motifs is 5. The van der Waals surface area contributed by atoms with Crippen molar-refractivity contribution in [2.45, 2.75) is 111 Å². The maximum absolute atomic E-state index is 10.2. The summed E-state index contributed by atoms with van der Waals surface area (Å²) in [7, 11) is 0. The second-order valence-corrected chi connectivity index (χ2v) is 12.2. The molecular formula is C27H46O. The van der Waals surface area contributed by atoms with Crippen molar-refractivity contribution in [3.8, 4) is 0 Å². The SMILES string of the molecule is CC(C)CCC[C@@H](C)C1CCC2[C@@H]3CC=C4C[C@@H](O)CC[C@]4(C)C3CC[C@@]21C. The number of aliphatic hydroxyl groups excluding tert-OH is 1. The molecule has 0 aliphatic heterocycles. The maximum atomic E-state index is 10.2. The van der Waals surface area contributed by atoms with Gasteiger partial charge in [-0.05, 0) is 97.7 Å². The summed E-state index contributed by atoms with van der Waals surface area (Å²) in [5, 5.41) is 10.2. The largest absolute Gasteiger partial charge is 0.393 e. The molecule has 3 unspecified atom stereocenters. The number of aliphatic hydroxyl groups is 1. The van der Waals surface area contributed by atoms with Crippen LogP contribution in [0.3, 0.4) is 0 Å². The average Bonchev–Trinajstić information content (AvgIpc) is 2.99. The van der Waals surface area contributed by atoms with Crippen LogP contribution in [0.1, 0.15) is 105 Å². The van der Waals surface area contributed by atoms with Gasteiger partial charge in [0, 0.05) is 0 Å². The van der Waals surface area contributed by atoms with Crippen molar-refractivity contribution in [1.82, 2.24) is 0 Å². The van der Waals surface area contributed by atoms with E-state index in [-0.39, 0.29) is 6.10 Å². The third-order valence-electron chi connectivity index (χ3n) is 10.3. The van der Waals surface area contributed by atoms with E-state index in [0.29, 0.717) is 10.8 Å². The van der Waals surface area contributed by atoms with E-state index in [1.807, 2.05) is 0 Å². The van der Waals surface area contributed by atoms with Gasteiger partial charge in [0.25, 0.3) is 0 Å². The molecule has 0 spiro atoms. The summed E-state index contributed by atoms with van der Waals surface area (Å²) in [6.45, 7) is 12.6. The van der Waals surface area contributed by atoms with Gasteiger partial charge < -0.3 is 5.11 Å². The summed E-state index contributed by atoms with van der Waals surface area (Å²) in [6.07, 6.45) is 17.2. The molecule has 4 rings (SSSR count). The molecule has 0 heterocycles. The normalized spacial score (nSPS) is 46.5. The number of rotatable bonds is 5. The highest BCUT2D eigenvalue weighted by Crippen LogP contribution is 2.67. The Balaban J connectivity index is 1.49. The Morgan fingerprint density at radius 2 is 1.79 bits per heavy atom. The third kappa shape index (κ3) is 3.42. The van der Waals surface area contributed by atoms with Gasteiger partial charge in [0.05, 0.1) is 6.10 Å². The predicted octanol–water partition coefficient (Wildman–Crippen LogP) is 7.39. The summed E-state index contributed by atoms with van der Waals surface area (Å²) in [5.74, 6) is 5.46. The minimum absolute atomic E-state index is 0.0766. The first-order chi connectivity index (χ1) is 13.3. The molecule has 1 N–H and O–H groups in total. The van der Waals surface area contributed by atoms with Gasteiger partial charge in [0.2, 0.25) is 0 Å². The fourth-order valence-electron chi connectivity index (χ4n) is 8.67. The van der Waals surface area contributed by atoms with Gasteiger partial charge in [-0.3, -0.25) is 0 Å². The van der Waals surface area contributed by atoms with Gasteiger partial charge in [-0.15, -0.1) is 0 Å². The van der Waals surface area contributed by atoms with E-state index in [4.69, 9.17) is 0 Å². The van der Waals surface area contributed by atoms with E-state index < -0.39 is 0 Å². The molecule has 1 heteroatoms. The second kappa shape index (κ2) is 7.75. The molecule has 0 saturated heterocycles. The lowest BCUT2D eigenvalue weighted by molar-refractivity contribution is -0.0573. The molecule has 4 aliphatic rings. The number of allylic oxidation sites excluding steroid dienone is 1. The van der Waals surface area contributed by atoms with Crippen LogP contribution in [0.15, 0.2) is 11.6 Å². The lowest BCUT2D eigenvalue weighted by Gasteiger charge is -2.58. The zero-order valence-electron chi connectivity index (χ0n) is 19.3. The summed E-state index contributed by atoms with van der Waals surface area (Å²) < 4.78 is 0. The monoisotopic (exact) mass is 386 g/mol. The third-order valence-corrected chi connectivity index (χ3v) is 10.3. The Morgan fingerprint density at radius 3 is 2.54 bits per heavy atom. The molecule has 0 radical (unpaired) electrons. The molecule has 4 aliphatic carbocycles. The summed E-state index contributed by atoms with van der Waals surface area (Å²) in [5.41, 5.74) is 2.60. The zero-order chi connectivity index (χ0) is 20.1. The van der Waals surface area contributed by atoms with E-state index in [2.05, 4.69) is 40.7 Å². The van der Waals surface area contributed by atoms with E-state index >= 15 is 0 Å². The first-order valence-electron chi connectivity index (χ1n) is 12.6. The molecule has 0 bridgehead atoms. The number of hydrogen-bond donors (Lipinski definition) is 1. The smallest absolute Gasteiger partial charge is 0.0577 e. The summed E-state index contributed by atoms with van der Waals surface area (Å²) >= 11 is 0. The first-order valence-corrected chi connectivity index (χ1v) is 12.6. The van der Waals surface area contributed by atoms with E-state index in [9.17, 15) is 5.11 Å². The van der Waals surface area contributed by atoms with Crippen LogP contribution in [0, 0.1) is 46.3 Å². The van der Waals surface area contributed by atoms with Crippen LogP contribution in [-0.4, -0.2) is 11.2 Å². The van der Waals surface area contributed by atoms with Crippen LogP contribution in [-0.2, 0) is 0 Å². The molecule has 160 valence electrons. The highest BCUT2D eigenvalue weighted by molar-refractivity contribution is 5.25. The zero-order valence-corrected chi connectivity index (χ0v) is 19.3. The van der Waals surface area contributed by atoms with Crippen LogP contribution in [0.25, 0.3) is 0 Å². The number of hydrogen-bond acceptors (Lipinski definition) is 1. The van der Waals surface area contributed by atoms with Crippen molar-refractivity contribution in [3.05, 3.63) is 11.6 Å². The quantitative estimate of drug-likeness (QED) is 0.488. The standard InChI is InChI=1S/C27H46O/c1-18(2)7-6-8-19(3)23-11-12-24-22-10-9-20-17-21(28)13-15-26(20,4)25(22)14-16-27(23,24)5/h9,18-19,21-25,28H,6-8,10-17H2,1-5H3/t19-,21+,22+,23?,24?,25?,26+,27-/m1/s1. The highest BCUT2D eigenvalue weighted by atomic mass is 16.3. The van der Waals surface area contributed by atoms with E-state index in [1.165, 1.54) is 57.8 Å². The van der Waals surface area contributed by atoms with Crippen molar-refractivity contribution in [3.63, 3.8) is 0 Å². The topological polar surface area (TPSA) is 20.2 Å². The van der Waals surface area contributed by atoms with Gasteiger partial charge in [-0.1, -0.05) is 65.5 Å². The van der Waals surface area contributed by atoms with Crippen LogP contribution in [0.2, 0.25) is 0 Å². The lowest BCUT2D eigenvalue weighted by atomic mass is 9.47. The Morgan fingerprint density at radius 1 is 1.00 bits per heavy atom. The van der Waals surface area contributed by atoms with Gasteiger partial charge >= 0.3 is 0 Å². The van der Waals surface area contributed by atoms with Crippen molar-refractivity contribution >= 4 is 0 Å².